The Bertz CT molecular complexity index is 1110. The molecule has 35 heavy (non-hydrogen) atoms. The minimum atomic E-state index is -0.844. The third kappa shape index (κ3) is 4.82. The highest BCUT2D eigenvalue weighted by Gasteiger charge is 2.47. The summed E-state index contributed by atoms with van der Waals surface area (Å²) in [5, 5.41) is 11.3. The number of ether oxygens (including phenoxy) is 4. The maximum absolute atomic E-state index is 13.3. The van der Waals surface area contributed by atoms with Crippen molar-refractivity contribution >= 4 is 17.4 Å². The van der Waals surface area contributed by atoms with Crippen LogP contribution in [0.3, 0.4) is 0 Å². The molecule has 0 radical (unpaired) electrons. The molecular formula is C26H30N2O7. The van der Waals surface area contributed by atoms with Crippen LogP contribution in [0.1, 0.15) is 17.2 Å². The van der Waals surface area contributed by atoms with Gasteiger partial charge in [-0.05, 0) is 30.3 Å². The molecule has 1 atom stereocenters. The Labute approximate surface area is 204 Å². The molecule has 2 saturated heterocycles. The molecule has 0 saturated carbocycles. The third-order valence-electron chi connectivity index (χ3n) is 6.39. The number of rotatable bonds is 8. The zero-order chi connectivity index (χ0) is 24.9. The van der Waals surface area contributed by atoms with Crippen molar-refractivity contribution in [3.05, 3.63) is 59.2 Å². The van der Waals surface area contributed by atoms with Crippen LogP contribution in [0.2, 0.25) is 0 Å². The number of aliphatic hydroxyl groups excluding tert-OH is 1. The van der Waals surface area contributed by atoms with Gasteiger partial charge in [0.15, 0.2) is 11.5 Å². The molecule has 0 spiro atoms. The summed E-state index contributed by atoms with van der Waals surface area (Å²) in [4.78, 5) is 30.3. The van der Waals surface area contributed by atoms with Gasteiger partial charge in [-0.15, -0.1) is 0 Å². The van der Waals surface area contributed by atoms with Gasteiger partial charge in [0.25, 0.3) is 11.7 Å². The van der Waals surface area contributed by atoms with Gasteiger partial charge in [-0.1, -0.05) is 12.1 Å². The number of Topliss-reactive ketones (excluding diaryl/α,β-unsaturated/α-hetero) is 1. The van der Waals surface area contributed by atoms with E-state index in [-0.39, 0.29) is 11.3 Å². The monoisotopic (exact) mass is 482 g/mol. The number of nitrogens with zero attached hydrogens (tertiary/aromatic N) is 2. The van der Waals surface area contributed by atoms with Gasteiger partial charge in [-0.3, -0.25) is 14.5 Å². The van der Waals surface area contributed by atoms with E-state index in [1.54, 1.807) is 49.6 Å². The highest BCUT2D eigenvalue weighted by atomic mass is 16.5. The van der Waals surface area contributed by atoms with Crippen LogP contribution in [-0.2, 0) is 14.3 Å². The van der Waals surface area contributed by atoms with Crippen molar-refractivity contribution in [2.24, 2.45) is 0 Å². The predicted molar refractivity (Wildman–Crippen MR) is 129 cm³/mol. The zero-order valence-electron chi connectivity index (χ0n) is 20.2. The molecule has 1 N–H and O–H groups in total. The fourth-order valence-corrected chi connectivity index (χ4v) is 4.54. The lowest BCUT2D eigenvalue weighted by atomic mass is 9.94. The van der Waals surface area contributed by atoms with Crippen LogP contribution in [0, 0.1) is 0 Å². The molecule has 0 aliphatic carbocycles. The Balaban J connectivity index is 1.81. The van der Waals surface area contributed by atoms with E-state index in [4.69, 9.17) is 18.9 Å². The molecule has 9 nitrogen and oxygen atoms in total. The lowest BCUT2D eigenvalue weighted by molar-refractivity contribution is -0.140. The summed E-state index contributed by atoms with van der Waals surface area (Å²) in [5.74, 6) is -0.182. The van der Waals surface area contributed by atoms with Crippen molar-refractivity contribution in [3.63, 3.8) is 0 Å². The largest absolute Gasteiger partial charge is 0.507 e. The Kier molecular flexibility index (Phi) is 7.57. The van der Waals surface area contributed by atoms with E-state index in [1.807, 2.05) is 0 Å². The first-order valence-corrected chi connectivity index (χ1v) is 11.4. The Morgan fingerprint density at radius 3 is 2.31 bits per heavy atom. The molecule has 9 heteroatoms. The summed E-state index contributed by atoms with van der Waals surface area (Å²) in [6, 6.07) is 11.1. The van der Waals surface area contributed by atoms with Crippen LogP contribution >= 0.6 is 0 Å². The van der Waals surface area contributed by atoms with E-state index >= 15 is 0 Å². The number of carbonyl (C=O) groups is 2. The number of amides is 1. The summed E-state index contributed by atoms with van der Waals surface area (Å²) in [5.41, 5.74) is 0.973. The fraction of sp³-hybridized carbons (Fsp3) is 0.385. The van der Waals surface area contributed by atoms with Gasteiger partial charge in [0.2, 0.25) is 0 Å². The first-order valence-electron chi connectivity index (χ1n) is 11.4. The molecule has 2 aliphatic heterocycles. The van der Waals surface area contributed by atoms with E-state index in [1.165, 1.54) is 19.1 Å². The number of hydrogen-bond acceptors (Lipinski definition) is 8. The summed E-state index contributed by atoms with van der Waals surface area (Å²) in [6.07, 6.45) is 0. The van der Waals surface area contributed by atoms with Gasteiger partial charge in [-0.2, -0.15) is 0 Å². The van der Waals surface area contributed by atoms with Crippen LogP contribution in [0.4, 0.5) is 0 Å². The number of aliphatic hydroxyl groups is 1. The van der Waals surface area contributed by atoms with Crippen molar-refractivity contribution < 1.29 is 33.6 Å². The van der Waals surface area contributed by atoms with Crippen LogP contribution in [-0.4, -0.2) is 87.3 Å². The average molecular weight is 483 g/mol. The Morgan fingerprint density at radius 2 is 1.69 bits per heavy atom. The molecule has 0 unspecified atom stereocenters. The molecule has 1 amide bonds. The van der Waals surface area contributed by atoms with E-state index in [0.29, 0.717) is 54.7 Å². The highest BCUT2D eigenvalue weighted by molar-refractivity contribution is 6.46. The summed E-state index contributed by atoms with van der Waals surface area (Å²) < 4.78 is 21.7. The molecule has 186 valence electrons. The van der Waals surface area contributed by atoms with Gasteiger partial charge in [0, 0.05) is 37.3 Å². The minimum Gasteiger partial charge on any atom is -0.507 e. The van der Waals surface area contributed by atoms with Crippen molar-refractivity contribution in [2.45, 2.75) is 6.04 Å². The Hall–Kier alpha value is -3.56. The smallest absolute Gasteiger partial charge is 0.295 e. The summed E-state index contributed by atoms with van der Waals surface area (Å²) in [7, 11) is 4.57. The highest BCUT2D eigenvalue weighted by Crippen LogP contribution is 2.45. The Morgan fingerprint density at radius 1 is 0.971 bits per heavy atom. The van der Waals surface area contributed by atoms with E-state index in [2.05, 4.69) is 4.90 Å². The maximum atomic E-state index is 13.3. The van der Waals surface area contributed by atoms with E-state index < -0.39 is 17.7 Å². The number of hydrogen-bond donors (Lipinski definition) is 1. The first-order chi connectivity index (χ1) is 17.0. The van der Waals surface area contributed by atoms with Gasteiger partial charge in [0.05, 0.1) is 46.2 Å². The number of para-hydroxylation sites is 1. The standard InChI is InChI=1S/C26H30N2O7/c1-32-18-9-7-17(8-10-18)23(29)21-22(19-5-4-6-20(33-2)25(19)34-3)28(26(31)24(21)30)12-11-27-13-15-35-16-14-27/h4-10,22,29H,11-16H2,1-3H3/b23-21+/t22-/m0/s1. The van der Waals surface area contributed by atoms with Gasteiger partial charge in [-0.25, -0.2) is 0 Å². The second kappa shape index (κ2) is 10.8. The number of likely N-dealkylation sites (tertiary alicyclic amines) is 1. The molecule has 2 fully saturated rings. The molecule has 2 aromatic rings. The number of carbonyl (C=O) groups excluding carboxylic acids is 2. The van der Waals surface area contributed by atoms with Crippen molar-refractivity contribution in [1.29, 1.82) is 0 Å². The summed E-state index contributed by atoms with van der Waals surface area (Å²) in [6.45, 7) is 3.63. The quantitative estimate of drug-likeness (QED) is 0.348. The lowest BCUT2D eigenvalue weighted by Crippen LogP contribution is -2.42. The van der Waals surface area contributed by atoms with Crippen LogP contribution in [0.15, 0.2) is 48.0 Å². The second-order valence-electron chi connectivity index (χ2n) is 8.26. The number of benzene rings is 2. The fourth-order valence-electron chi connectivity index (χ4n) is 4.54. The first kappa shape index (κ1) is 24.6. The molecule has 0 aromatic heterocycles. The normalized spacial score (nSPS) is 20.2. The maximum Gasteiger partial charge on any atom is 0.295 e. The van der Waals surface area contributed by atoms with Crippen molar-refractivity contribution in [3.8, 4) is 17.2 Å². The second-order valence-corrected chi connectivity index (χ2v) is 8.26. The number of methoxy groups -OCH3 is 3. The minimum absolute atomic E-state index is 0.00805. The third-order valence-corrected chi connectivity index (χ3v) is 6.39. The van der Waals surface area contributed by atoms with Crippen LogP contribution in [0.5, 0.6) is 17.2 Å². The molecule has 2 aromatic carbocycles. The topological polar surface area (TPSA) is 97.8 Å². The zero-order valence-corrected chi connectivity index (χ0v) is 20.2. The average Bonchev–Trinajstić information content (AvgIpc) is 3.16. The number of morpholine rings is 1. The van der Waals surface area contributed by atoms with Crippen LogP contribution in [0.25, 0.3) is 5.76 Å². The van der Waals surface area contributed by atoms with Gasteiger partial charge < -0.3 is 29.0 Å². The molecule has 4 rings (SSSR count). The molecule has 2 heterocycles. The van der Waals surface area contributed by atoms with Crippen molar-refractivity contribution in [2.75, 3.05) is 60.7 Å². The number of ketones is 1. The molecule has 0 bridgehead atoms. The van der Waals surface area contributed by atoms with Gasteiger partial charge >= 0.3 is 0 Å². The van der Waals surface area contributed by atoms with E-state index in [9.17, 15) is 14.7 Å². The van der Waals surface area contributed by atoms with Gasteiger partial charge in [0.1, 0.15) is 11.5 Å². The van der Waals surface area contributed by atoms with Crippen molar-refractivity contribution in [1.82, 2.24) is 9.80 Å². The molecular weight excluding hydrogens is 452 g/mol. The predicted octanol–water partition coefficient (Wildman–Crippen LogP) is 2.47. The van der Waals surface area contributed by atoms with E-state index in [0.717, 1.165) is 13.1 Å². The SMILES string of the molecule is COc1ccc(/C(O)=C2\C(=O)C(=O)N(CCN3CCOCC3)[C@H]2c2cccc(OC)c2OC)cc1. The molecule has 2 aliphatic rings. The lowest BCUT2D eigenvalue weighted by Gasteiger charge is -2.31. The van der Waals surface area contributed by atoms with Crippen LogP contribution < -0.4 is 14.2 Å². The summed E-state index contributed by atoms with van der Waals surface area (Å²) >= 11 is 0.